The lowest BCUT2D eigenvalue weighted by Gasteiger charge is -2.04. The van der Waals surface area contributed by atoms with E-state index in [0.29, 0.717) is 17.1 Å². The molecule has 0 bridgehead atoms. The van der Waals surface area contributed by atoms with E-state index in [1.54, 1.807) is 0 Å². The van der Waals surface area contributed by atoms with E-state index in [9.17, 15) is 4.79 Å². The van der Waals surface area contributed by atoms with Crippen LogP contribution < -0.4 is 0 Å². The molecule has 0 saturated heterocycles. The molecule has 0 spiro atoms. The number of hydrogen-bond acceptors (Lipinski definition) is 1. The van der Waals surface area contributed by atoms with Crippen LogP contribution in [0.3, 0.4) is 0 Å². The molecule has 2 rings (SSSR count). The standard InChI is InChI=1S/C9H14O/c1-9(2)6-4-3-5-7(10)8(6)9/h6,8H,3-5H2,1-2H3. The summed E-state index contributed by atoms with van der Waals surface area (Å²) in [7, 11) is 0. The minimum Gasteiger partial charge on any atom is -0.299 e. The van der Waals surface area contributed by atoms with Gasteiger partial charge in [-0.05, 0) is 24.2 Å². The van der Waals surface area contributed by atoms with E-state index < -0.39 is 0 Å². The normalized spacial score (nSPS) is 42.8. The van der Waals surface area contributed by atoms with Gasteiger partial charge in [-0.3, -0.25) is 4.79 Å². The van der Waals surface area contributed by atoms with E-state index >= 15 is 0 Å². The number of fused-ring (bicyclic) bond motifs is 1. The zero-order chi connectivity index (χ0) is 7.35. The molecule has 10 heavy (non-hydrogen) atoms. The summed E-state index contributed by atoms with van der Waals surface area (Å²) in [5.41, 5.74) is 0.369. The molecule has 0 radical (unpaired) electrons. The Morgan fingerprint density at radius 3 is 2.70 bits per heavy atom. The Hall–Kier alpha value is -0.330. The van der Waals surface area contributed by atoms with Crippen molar-refractivity contribution in [2.24, 2.45) is 17.3 Å². The molecule has 0 N–H and O–H groups in total. The van der Waals surface area contributed by atoms with Crippen LogP contribution in [0.15, 0.2) is 0 Å². The lowest BCUT2D eigenvalue weighted by molar-refractivity contribution is -0.121. The van der Waals surface area contributed by atoms with Gasteiger partial charge in [0, 0.05) is 12.3 Å². The highest BCUT2D eigenvalue weighted by Gasteiger charge is 2.61. The van der Waals surface area contributed by atoms with E-state index in [4.69, 9.17) is 0 Å². The SMILES string of the molecule is CC1(C)C2CCCC(=O)C21. The van der Waals surface area contributed by atoms with E-state index in [-0.39, 0.29) is 0 Å². The van der Waals surface area contributed by atoms with Crippen molar-refractivity contribution in [1.82, 2.24) is 0 Å². The zero-order valence-electron chi connectivity index (χ0n) is 6.68. The van der Waals surface area contributed by atoms with Gasteiger partial charge in [-0.25, -0.2) is 0 Å². The van der Waals surface area contributed by atoms with Crippen LogP contribution >= 0.6 is 0 Å². The highest BCUT2D eigenvalue weighted by molar-refractivity contribution is 5.86. The van der Waals surface area contributed by atoms with Gasteiger partial charge in [0.25, 0.3) is 0 Å². The second-order valence-corrected chi connectivity index (χ2v) is 4.26. The van der Waals surface area contributed by atoms with E-state index in [0.717, 1.165) is 18.8 Å². The molecule has 2 aliphatic rings. The molecule has 1 nitrogen and oxygen atoms in total. The largest absolute Gasteiger partial charge is 0.299 e. The number of ketones is 1. The monoisotopic (exact) mass is 138 g/mol. The molecule has 0 heterocycles. The summed E-state index contributed by atoms with van der Waals surface area (Å²) in [6.45, 7) is 4.46. The van der Waals surface area contributed by atoms with Gasteiger partial charge in [0.2, 0.25) is 0 Å². The summed E-state index contributed by atoms with van der Waals surface area (Å²) >= 11 is 0. The van der Waals surface area contributed by atoms with Crippen LogP contribution in [0.2, 0.25) is 0 Å². The van der Waals surface area contributed by atoms with Crippen LogP contribution in [0.1, 0.15) is 33.1 Å². The maximum atomic E-state index is 11.3. The second-order valence-electron chi connectivity index (χ2n) is 4.26. The van der Waals surface area contributed by atoms with Gasteiger partial charge in [0.05, 0.1) is 0 Å². The van der Waals surface area contributed by atoms with Crippen molar-refractivity contribution in [1.29, 1.82) is 0 Å². The Balaban J connectivity index is 2.18. The highest BCUT2D eigenvalue weighted by Crippen LogP contribution is 2.63. The molecule has 2 atom stereocenters. The highest BCUT2D eigenvalue weighted by atomic mass is 16.1. The lowest BCUT2D eigenvalue weighted by Crippen LogP contribution is -2.08. The van der Waals surface area contributed by atoms with E-state index in [1.165, 1.54) is 6.42 Å². The number of carbonyl (C=O) groups is 1. The van der Waals surface area contributed by atoms with Crippen LogP contribution in [0.25, 0.3) is 0 Å². The summed E-state index contributed by atoms with van der Waals surface area (Å²) in [5, 5.41) is 0. The van der Waals surface area contributed by atoms with Crippen molar-refractivity contribution < 1.29 is 4.79 Å². The third-order valence-electron chi connectivity index (χ3n) is 3.34. The first-order valence-corrected chi connectivity index (χ1v) is 4.17. The predicted octanol–water partition coefficient (Wildman–Crippen LogP) is 2.01. The second kappa shape index (κ2) is 1.63. The minimum absolute atomic E-state index is 0.369. The fourth-order valence-corrected chi connectivity index (χ4v) is 2.57. The van der Waals surface area contributed by atoms with E-state index in [2.05, 4.69) is 13.8 Å². The third kappa shape index (κ3) is 0.609. The first-order chi connectivity index (χ1) is 4.64. The Bertz CT molecular complexity index is 181. The van der Waals surface area contributed by atoms with Crippen LogP contribution in [0, 0.1) is 17.3 Å². The summed E-state index contributed by atoms with van der Waals surface area (Å²) < 4.78 is 0. The molecular weight excluding hydrogens is 124 g/mol. The molecule has 0 aromatic carbocycles. The topological polar surface area (TPSA) is 17.1 Å². The van der Waals surface area contributed by atoms with E-state index in [1.807, 2.05) is 0 Å². The molecule has 0 aromatic rings. The maximum absolute atomic E-state index is 11.3. The molecule has 56 valence electrons. The average Bonchev–Trinajstić information content (AvgIpc) is 2.38. The fraction of sp³-hybridized carbons (Fsp3) is 0.889. The van der Waals surface area contributed by atoms with Crippen molar-refractivity contribution in [2.75, 3.05) is 0 Å². The number of carbonyl (C=O) groups excluding carboxylic acids is 1. The van der Waals surface area contributed by atoms with Crippen molar-refractivity contribution in [3.8, 4) is 0 Å². The predicted molar refractivity (Wildman–Crippen MR) is 39.6 cm³/mol. The van der Waals surface area contributed by atoms with Gasteiger partial charge in [-0.15, -0.1) is 0 Å². The van der Waals surface area contributed by atoms with Crippen LogP contribution in [0.5, 0.6) is 0 Å². The summed E-state index contributed by atoms with van der Waals surface area (Å²) in [6.07, 6.45) is 3.29. The van der Waals surface area contributed by atoms with Crippen LogP contribution in [-0.2, 0) is 4.79 Å². The fourth-order valence-electron chi connectivity index (χ4n) is 2.57. The van der Waals surface area contributed by atoms with Crippen molar-refractivity contribution in [2.45, 2.75) is 33.1 Å². The summed E-state index contributed by atoms with van der Waals surface area (Å²) in [6, 6.07) is 0. The van der Waals surface area contributed by atoms with Gasteiger partial charge in [-0.2, -0.15) is 0 Å². The maximum Gasteiger partial charge on any atom is 0.136 e. The molecule has 2 unspecified atom stereocenters. The molecule has 0 aliphatic heterocycles. The number of rotatable bonds is 0. The lowest BCUT2D eigenvalue weighted by atomic mass is 10.00. The summed E-state index contributed by atoms with van der Waals surface area (Å²) in [5.74, 6) is 1.72. The molecule has 0 amide bonds. The summed E-state index contributed by atoms with van der Waals surface area (Å²) in [4.78, 5) is 11.3. The average molecular weight is 138 g/mol. The Morgan fingerprint density at radius 1 is 1.50 bits per heavy atom. The quantitative estimate of drug-likeness (QED) is 0.500. The number of hydrogen-bond donors (Lipinski definition) is 0. The van der Waals surface area contributed by atoms with Gasteiger partial charge in [-0.1, -0.05) is 13.8 Å². The van der Waals surface area contributed by atoms with Crippen molar-refractivity contribution in [3.63, 3.8) is 0 Å². The molecule has 0 aromatic heterocycles. The first kappa shape index (κ1) is 6.38. The molecule has 2 fully saturated rings. The van der Waals surface area contributed by atoms with Crippen LogP contribution in [-0.4, -0.2) is 5.78 Å². The zero-order valence-corrected chi connectivity index (χ0v) is 6.68. The van der Waals surface area contributed by atoms with Crippen molar-refractivity contribution >= 4 is 5.78 Å². The Morgan fingerprint density at radius 2 is 2.20 bits per heavy atom. The third-order valence-corrected chi connectivity index (χ3v) is 3.34. The Kier molecular flexibility index (Phi) is 1.04. The number of Topliss-reactive ketones (excluding diaryl/α,β-unsaturated/α-hetero) is 1. The molecule has 2 saturated carbocycles. The first-order valence-electron chi connectivity index (χ1n) is 4.17. The van der Waals surface area contributed by atoms with Gasteiger partial charge in [0.1, 0.15) is 5.78 Å². The van der Waals surface area contributed by atoms with Gasteiger partial charge < -0.3 is 0 Å². The smallest absolute Gasteiger partial charge is 0.136 e. The minimum atomic E-state index is 0.369. The molecular formula is C9H14O. The van der Waals surface area contributed by atoms with Gasteiger partial charge in [0.15, 0.2) is 0 Å². The van der Waals surface area contributed by atoms with Crippen molar-refractivity contribution in [3.05, 3.63) is 0 Å². The Labute approximate surface area is 61.8 Å². The molecule has 2 aliphatic carbocycles. The van der Waals surface area contributed by atoms with Crippen LogP contribution in [0.4, 0.5) is 0 Å². The van der Waals surface area contributed by atoms with Gasteiger partial charge >= 0.3 is 0 Å². The molecule has 1 heteroatoms.